The van der Waals surface area contributed by atoms with E-state index in [1.807, 2.05) is 39.0 Å². The zero-order chi connectivity index (χ0) is 13.8. The first-order valence-electron chi connectivity index (χ1n) is 6.15. The molecule has 2 aromatic rings. The third-order valence-electron chi connectivity index (χ3n) is 3.14. The smallest absolute Gasteiger partial charge is 0.223 e. The van der Waals surface area contributed by atoms with Gasteiger partial charge >= 0.3 is 0 Å². The van der Waals surface area contributed by atoms with Crippen LogP contribution in [0.15, 0.2) is 24.3 Å². The maximum atomic E-state index is 8.86. The molecule has 2 rings (SSSR count). The summed E-state index contributed by atoms with van der Waals surface area (Å²) in [6, 6.07) is 9.64. The van der Waals surface area contributed by atoms with Gasteiger partial charge in [-0.05, 0) is 44.0 Å². The van der Waals surface area contributed by atoms with Crippen molar-refractivity contribution in [2.75, 3.05) is 5.32 Å². The highest BCUT2D eigenvalue weighted by atomic mass is 15.1. The molecule has 0 saturated heterocycles. The minimum Gasteiger partial charge on any atom is -0.350 e. The number of rotatable bonds is 3. The monoisotopic (exact) mass is 252 g/mol. The van der Waals surface area contributed by atoms with E-state index < -0.39 is 0 Å². The highest BCUT2D eigenvalue weighted by Gasteiger charge is 2.04. The lowest BCUT2D eigenvalue weighted by atomic mass is 10.1. The Hall–Kier alpha value is -2.41. The molecule has 1 N–H and O–H groups in total. The Morgan fingerprint density at radius 3 is 2.47 bits per heavy atom. The molecule has 19 heavy (non-hydrogen) atoms. The van der Waals surface area contributed by atoms with E-state index in [4.69, 9.17) is 5.26 Å². The minimum absolute atomic E-state index is 0.609. The SMILES string of the molecule is Cc1nc(NCc2cccc(C#N)c2)nc(C)c1C. The lowest BCUT2D eigenvalue weighted by Gasteiger charge is -2.09. The number of anilines is 1. The number of nitriles is 1. The molecule has 96 valence electrons. The largest absolute Gasteiger partial charge is 0.350 e. The molecule has 0 aliphatic rings. The molecule has 0 aliphatic heterocycles. The van der Waals surface area contributed by atoms with Crippen LogP contribution in [0.2, 0.25) is 0 Å². The first-order chi connectivity index (χ1) is 9.10. The van der Waals surface area contributed by atoms with Crippen molar-refractivity contribution in [2.45, 2.75) is 27.3 Å². The summed E-state index contributed by atoms with van der Waals surface area (Å²) in [6.45, 7) is 6.58. The third kappa shape index (κ3) is 3.08. The van der Waals surface area contributed by atoms with Gasteiger partial charge in [0, 0.05) is 17.9 Å². The van der Waals surface area contributed by atoms with E-state index in [1.165, 1.54) is 0 Å². The van der Waals surface area contributed by atoms with Gasteiger partial charge in [0.05, 0.1) is 11.6 Å². The van der Waals surface area contributed by atoms with Crippen molar-refractivity contribution in [3.63, 3.8) is 0 Å². The second kappa shape index (κ2) is 5.49. The number of benzene rings is 1. The van der Waals surface area contributed by atoms with Gasteiger partial charge in [-0.1, -0.05) is 12.1 Å². The predicted octanol–water partition coefficient (Wildman–Crippen LogP) is 2.89. The summed E-state index contributed by atoms with van der Waals surface area (Å²) in [5.74, 6) is 0.628. The Labute approximate surface area is 113 Å². The molecule has 0 saturated carbocycles. The average molecular weight is 252 g/mol. The Kier molecular flexibility index (Phi) is 3.76. The fraction of sp³-hybridized carbons (Fsp3) is 0.267. The average Bonchev–Trinajstić information content (AvgIpc) is 2.42. The van der Waals surface area contributed by atoms with Gasteiger partial charge in [-0.2, -0.15) is 5.26 Å². The molecule has 0 unspecified atom stereocenters. The Morgan fingerprint density at radius 1 is 1.16 bits per heavy atom. The van der Waals surface area contributed by atoms with E-state index in [0.717, 1.165) is 22.5 Å². The van der Waals surface area contributed by atoms with Crippen LogP contribution in [0.5, 0.6) is 0 Å². The molecule has 0 bridgehead atoms. The van der Waals surface area contributed by atoms with E-state index in [2.05, 4.69) is 21.4 Å². The summed E-state index contributed by atoms with van der Waals surface area (Å²) >= 11 is 0. The molecule has 4 nitrogen and oxygen atoms in total. The molecular formula is C15H16N4. The highest BCUT2D eigenvalue weighted by Crippen LogP contribution is 2.12. The highest BCUT2D eigenvalue weighted by molar-refractivity contribution is 5.37. The Bertz CT molecular complexity index is 618. The van der Waals surface area contributed by atoms with Crippen LogP contribution >= 0.6 is 0 Å². The minimum atomic E-state index is 0.609. The molecule has 0 spiro atoms. The van der Waals surface area contributed by atoms with E-state index in [-0.39, 0.29) is 0 Å². The number of hydrogen-bond donors (Lipinski definition) is 1. The second-order valence-corrected chi connectivity index (χ2v) is 4.51. The standard InChI is InChI=1S/C15H16N4/c1-10-11(2)18-15(19-12(10)3)17-9-14-6-4-5-13(7-14)8-16/h4-7H,9H2,1-3H3,(H,17,18,19). The van der Waals surface area contributed by atoms with Gasteiger partial charge in [0.1, 0.15) is 0 Å². The van der Waals surface area contributed by atoms with Gasteiger partial charge < -0.3 is 5.32 Å². The summed E-state index contributed by atoms with van der Waals surface area (Å²) in [5, 5.41) is 12.0. The lowest BCUT2D eigenvalue weighted by molar-refractivity contribution is 0.979. The van der Waals surface area contributed by atoms with Crippen molar-refractivity contribution < 1.29 is 0 Å². The zero-order valence-electron chi connectivity index (χ0n) is 11.4. The fourth-order valence-electron chi connectivity index (χ4n) is 1.78. The Balaban J connectivity index is 2.12. The van der Waals surface area contributed by atoms with Crippen LogP contribution in [0.4, 0.5) is 5.95 Å². The van der Waals surface area contributed by atoms with Crippen LogP contribution in [0, 0.1) is 32.1 Å². The van der Waals surface area contributed by atoms with Gasteiger partial charge in [-0.15, -0.1) is 0 Å². The normalized spacial score (nSPS) is 10.0. The summed E-state index contributed by atoms with van der Waals surface area (Å²) in [6.07, 6.45) is 0. The fourth-order valence-corrected chi connectivity index (χ4v) is 1.78. The van der Waals surface area contributed by atoms with Crippen LogP contribution in [0.25, 0.3) is 0 Å². The van der Waals surface area contributed by atoms with Crippen LogP contribution < -0.4 is 5.32 Å². The number of aryl methyl sites for hydroxylation is 2. The van der Waals surface area contributed by atoms with Crippen molar-refractivity contribution in [1.82, 2.24) is 9.97 Å². The summed E-state index contributed by atoms with van der Waals surface area (Å²) in [7, 11) is 0. The van der Waals surface area contributed by atoms with Gasteiger partial charge in [-0.3, -0.25) is 0 Å². The molecule has 0 radical (unpaired) electrons. The molecule has 0 amide bonds. The molecule has 1 aromatic heterocycles. The van der Waals surface area contributed by atoms with Gasteiger partial charge in [0.15, 0.2) is 0 Å². The predicted molar refractivity (Wildman–Crippen MR) is 74.7 cm³/mol. The van der Waals surface area contributed by atoms with Gasteiger partial charge in [-0.25, -0.2) is 9.97 Å². The molecular weight excluding hydrogens is 236 g/mol. The van der Waals surface area contributed by atoms with Crippen molar-refractivity contribution >= 4 is 5.95 Å². The maximum absolute atomic E-state index is 8.86. The first kappa shape index (κ1) is 13.0. The van der Waals surface area contributed by atoms with Gasteiger partial charge in [0.2, 0.25) is 5.95 Å². The molecule has 0 fully saturated rings. The van der Waals surface area contributed by atoms with Crippen molar-refractivity contribution in [3.05, 3.63) is 52.3 Å². The zero-order valence-corrected chi connectivity index (χ0v) is 11.4. The van der Waals surface area contributed by atoms with E-state index >= 15 is 0 Å². The summed E-state index contributed by atoms with van der Waals surface area (Å²) in [5.41, 5.74) is 4.80. The third-order valence-corrected chi connectivity index (χ3v) is 3.14. The number of hydrogen-bond acceptors (Lipinski definition) is 4. The second-order valence-electron chi connectivity index (χ2n) is 4.51. The molecule has 0 atom stereocenters. The topological polar surface area (TPSA) is 61.6 Å². The number of aromatic nitrogens is 2. The van der Waals surface area contributed by atoms with Crippen LogP contribution in [0.1, 0.15) is 28.1 Å². The van der Waals surface area contributed by atoms with Crippen molar-refractivity contribution in [3.8, 4) is 6.07 Å². The van der Waals surface area contributed by atoms with Gasteiger partial charge in [0.25, 0.3) is 0 Å². The van der Waals surface area contributed by atoms with Crippen molar-refractivity contribution in [1.29, 1.82) is 5.26 Å². The Morgan fingerprint density at radius 2 is 1.84 bits per heavy atom. The summed E-state index contributed by atoms with van der Waals surface area (Å²) in [4.78, 5) is 8.81. The van der Waals surface area contributed by atoms with Crippen LogP contribution in [-0.4, -0.2) is 9.97 Å². The van der Waals surface area contributed by atoms with E-state index in [0.29, 0.717) is 18.1 Å². The molecule has 0 aliphatic carbocycles. The lowest BCUT2D eigenvalue weighted by Crippen LogP contribution is -2.07. The quantitative estimate of drug-likeness (QED) is 0.912. The summed E-state index contributed by atoms with van der Waals surface area (Å²) < 4.78 is 0. The maximum Gasteiger partial charge on any atom is 0.223 e. The molecule has 1 heterocycles. The van der Waals surface area contributed by atoms with Crippen molar-refractivity contribution in [2.24, 2.45) is 0 Å². The van der Waals surface area contributed by atoms with Crippen LogP contribution in [0.3, 0.4) is 0 Å². The van der Waals surface area contributed by atoms with E-state index in [1.54, 1.807) is 6.07 Å². The van der Waals surface area contributed by atoms with E-state index in [9.17, 15) is 0 Å². The molecule has 4 heteroatoms. The number of nitrogens with zero attached hydrogens (tertiary/aromatic N) is 3. The number of nitrogens with one attached hydrogen (secondary N) is 1. The molecule has 1 aromatic carbocycles. The van der Waals surface area contributed by atoms with Crippen LogP contribution in [-0.2, 0) is 6.54 Å². The first-order valence-corrected chi connectivity index (χ1v) is 6.15.